The predicted molar refractivity (Wildman–Crippen MR) is 77.5 cm³/mol. The van der Waals surface area contributed by atoms with Crippen molar-refractivity contribution < 1.29 is 9.90 Å². The lowest BCUT2D eigenvalue weighted by molar-refractivity contribution is -0.141. The third-order valence-electron chi connectivity index (χ3n) is 2.82. The number of nitrogens with one attached hydrogen (secondary N) is 1. The van der Waals surface area contributed by atoms with Crippen molar-refractivity contribution in [3.8, 4) is 6.07 Å². The highest BCUT2D eigenvalue weighted by molar-refractivity contribution is 7.99. The summed E-state index contributed by atoms with van der Waals surface area (Å²) in [4.78, 5) is 11.9. The van der Waals surface area contributed by atoms with Crippen LogP contribution in [0.15, 0.2) is 23.1 Å². The zero-order chi connectivity index (χ0) is 14.3. The van der Waals surface area contributed by atoms with E-state index in [9.17, 15) is 10.1 Å². The van der Waals surface area contributed by atoms with Crippen molar-refractivity contribution in [3.05, 3.63) is 23.8 Å². The lowest BCUT2D eigenvalue weighted by Gasteiger charge is -2.14. The van der Waals surface area contributed by atoms with E-state index in [1.165, 1.54) is 0 Å². The molecule has 19 heavy (non-hydrogen) atoms. The van der Waals surface area contributed by atoms with E-state index in [1.807, 2.05) is 32.0 Å². The van der Waals surface area contributed by atoms with Gasteiger partial charge in [0.05, 0.1) is 17.2 Å². The second-order valence-corrected chi connectivity index (χ2v) is 5.35. The van der Waals surface area contributed by atoms with Crippen LogP contribution in [-0.4, -0.2) is 23.4 Å². The quantitative estimate of drug-likeness (QED) is 0.749. The number of hydrogen-bond acceptors (Lipinski definition) is 4. The Morgan fingerprint density at radius 2 is 2.26 bits per heavy atom. The third kappa shape index (κ3) is 4.18. The van der Waals surface area contributed by atoms with Crippen LogP contribution in [0.4, 0.5) is 5.69 Å². The summed E-state index contributed by atoms with van der Waals surface area (Å²) in [6.45, 7) is 4.21. The highest BCUT2D eigenvalue weighted by Crippen LogP contribution is 2.28. The molecule has 0 aliphatic rings. The van der Waals surface area contributed by atoms with Crippen molar-refractivity contribution in [2.24, 2.45) is 5.92 Å². The summed E-state index contributed by atoms with van der Waals surface area (Å²) in [7, 11) is 0. The van der Waals surface area contributed by atoms with Gasteiger partial charge in [-0.25, -0.2) is 0 Å². The van der Waals surface area contributed by atoms with E-state index in [0.29, 0.717) is 24.2 Å². The minimum Gasteiger partial charge on any atom is -0.481 e. The zero-order valence-corrected chi connectivity index (χ0v) is 12.0. The first-order valence-corrected chi connectivity index (χ1v) is 7.25. The van der Waals surface area contributed by atoms with Gasteiger partial charge in [0.25, 0.3) is 0 Å². The molecule has 102 valence electrons. The van der Waals surface area contributed by atoms with Crippen molar-refractivity contribution >= 4 is 23.4 Å². The van der Waals surface area contributed by atoms with Crippen LogP contribution >= 0.6 is 11.8 Å². The van der Waals surface area contributed by atoms with Crippen molar-refractivity contribution in [2.45, 2.75) is 25.2 Å². The van der Waals surface area contributed by atoms with Gasteiger partial charge >= 0.3 is 5.97 Å². The summed E-state index contributed by atoms with van der Waals surface area (Å²) < 4.78 is 0. The molecule has 0 aliphatic heterocycles. The summed E-state index contributed by atoms with van der Waals surface area (Å²) in [5, 5.41) is 21.3. The van der Waals surface area contributed by atoms with E-state index in [1.54, 1.807) is 11.8 Å². The molecule has 0 bridgehead atoms. The van der Waals surface area contributed by atoms with Crippen molar-refractivity contribution in [2.75, 3.05) is 17.6 Å². The zero-order valence-electron chi connectivity index (χ0n) is 11.1. The van der Waals surface area contributed by atoms with Gasteiger partial charge in [0.15, 0.2) is 0 Å². The summed E-state index contributed by atoms with van der Waals surface area (Å²) in [6, 6.07) is 7.79. The Hall–Kier alpha value is -1.67. The van der Waals surface area contributed by atoms with Crippen LogP contribution in [0.3, 0.4) is 0 Å². The lowest BCUT2D eigenvalue weighted by atomic mass is 10.1. The van der Waals surface area contributed by atoms with Crippen molar-refractivity contribution in [3.63, 3.8) is 0 Å². The number of benzene rings is 1. The predicted octanol–water partition coefficient (Wildman–Crippen LogP) is 3.19. The molecule has 2 N–H and O–H groups in total. The van der Waals surface area contributed by atoms with Crippen LogP contribution in [0.1, 0.15) is 25.8 Å². The van der Waals surface area contributed by atoms with Gasteiger partial charge in [0.1, 0.15) is 6.07 Å². The Morgan fingerprint density at radius 1 is 1.53 bits per heavy atom. The molecule has 1 rings (SSSR count). The molecule has 0 saturated carbocycles. The molecule has 0 spiro atoms. The Labute approximate surface area is 117 Å². The molecule has 0 aliphatic carbocycles. The second kappa shape index (κ2) is 7.70. The highest BCUT2D eigenvalue weighted by atomic mass is 32.2. The minimum atomic E-state index is -0.812. The number of thioether (sulfide) groups is 1. The SMILES string of the molecule is CCSc1cccc(NCC(CC)C(=O)O)c1C#N. The maximum Gasteiger partial charge on any atom is 0.308 e. The Kier molecular flexibility index (Phi) is 6.23. The first-order chi connectivity index (χ1) is 9.13. The monoisotopic (exact) mass is 278 g/mol. The van der Waals surface area contributed by atoms with Gasteiger partial charge < -0.3 is 10.4 Å². The van der Waals surface area contributed by atoms with Crippen LogP contribution in [0.2, 0.25) is 0 Å². The summed E-state index contributed by atoms with van der Waals surface area (Å²) in [5.41, 5.74) is 1.30. The standard InChI is InChI=1S/C14H18N2O2S/c1-3-10(14(17)18)9-16-12-6-5-7-13(19-4-2)11(12)8-15/h5-7,10,16H,3-4,9H2,1-2H3,(H,17,18). The Balaban J connectivity index is 2.86. The first-order valence-electron chi connectivity index (χ1n) is 6.26. The topological polar surface area (TPSA) is 73.1 Å². The molecule has 0 saturated heterocycles. The number of aliphatic carboxylic acids is 1. The van der Waals surface area contributed by atoms with E-state index >= 15 is 0 Å². The van der Waals surface area contributed by atoms with Gasteiger partial charge in [-0.2, -0.15) is 5.26 Å². The first kappa shape index (κ1) is 15.4. The molecule has 4 nitrogen and oxygen atoms in total. The molecule has 1 atom stereocenters. The molecule has 0 amide bonds. The highest BCUT2D eigenvalue weighted by Gasteiger charge is 2.15. The average Bonchev–Trinajstić information content (AvgIpc) is 2.39. The fraction of sp³-hybridized carbons (Fsp3) is 0.429. The fourth-order valence-corrected chi connectivity index (χ4v) is 2.49. The van der Waals surface area contributed by atoms with Crippen LogP contribution in [0.25, 0.3) is 0 Å². The molecule has 5 heteroatoms. The number of carbonyl (C=O) groups is 1. The minimum absolute atomic E-state index is 0.334. The number of carboxylic acids is 1. The van der Waals surface area contributed by atoms with Gasteiger partial charge in [-0.3, -0.25) is 4.79 Å². The largest absolute Gasteiger partial charge is 0.481 e. The number of nitrogens with zero attached hydrogens (tertiary/aromatic N) is 1. The number of hydrogen-bond donors (Lipinski definition) is 2. The molecule has 0 heterocycles. The lowest BCUT2D eigenvalue weighted by Crippen LogP contribution is -2.22. The second-order valence-electron chi connectivity index (χ2n) is 4.05. The Morgan fingerprint density at radius 3 is 2.79 bits per heavy atom. The van der Waals surface area contributed by atoms with Crippen LogP contribution in [0.5, 0.6) is 0 Å². The van der Waals surface area contributed by atoms with Gasteiger partial charge in [-0.05, 0) is 24.3 Å². The number of rotatable bonds is 7. The number of nitriles is 1. The molecule has 0 fully saturated rings. The van der Waals surface area contributed by atoms with Gasteiger partial charge in [0.2, 0.25) is 0 Å². The number of anilines is 1. The van der Waals surface area contributed by atoms with Crippen LogP contribution in [0, 0.1) is 17.2 Å². The van der Waals surface area contributed by atoms with Gasteiger partial charge in [-0.15, -0.1) is 11.8 Å². The van der Waals surface area contributed by atoms with Gasteiger partial charge in [-0.1, -0.05) is 19.9 Å². The normalized spacial score (nSPS) is 11.6. The molecule has 1 aromatic carbocycles. The average molecular weight is 278 g/mol. The maximum atomic E-state index is 11.0. The molecular weight excluding hydrogens is 260 g/mol. The smallest absolute Gasteiger partial charge is 0.308 e. The van der Waals surface area contributed by atoms with Crippen LogP contribution in [-0.2, 0) is 4.79 Å². The molecular formula is C14H18N2O2S. The molecule has 0 aromatic heterocycles. The van der Waals surface area contributed by atoms with E-state index in [4.69, 9.17) is 5.11 Å². The summed E-state index contributed by atoms with van der Waals surface area (Å²) >= 11 is 1.61. The molecule has 0 radical (unpaired) electrons. The van der Waals surface area contributed by atoms with Crippen LogP contribution < -0.4 is 5.32 Å². The molecule has 1 unspecified atom stereocenters. The van der Waals surface area contributed by atoms with Crippen molar-refractivity contribution in [1.82, 2.24) is 0 Å². The molecule has 1 aromatic rings. The number of carboxylic acid groups (broad SMARTS) is 1. The van der Waals surface area contributed by atoms with Crippen molar-refractivity contribution in [1.29, 1.82) is 5.26 Å². The van der Waals surface area contributed by atoms with Gasteiger partial charge in [0, 0.05) is 11.4 Å². The van der Waals surface area contributed by atoms with E-state index < -0.39 is 11.9 Å². The van der Waals surface area contributed by atoms with E-state index in [-0.39, 0.29) is 0 Å². The summed E-state index contributed by atoms with van der Waals surface area (Å²) in [6.07, 6.45) is 0.563. The maximum absolute atomic E-state index is 11.0. The van der Waals surface area contributed by atoms with E-state index in [2.05, 4.69) is 11.4 Å². The van der Waals surface area contributed by atoms with E-state index in [0.717, 1.165) is 10.6 Å². The summed E-state index contributed by atoms with van der Waals surface area (Å²) in [5.74, 6) is -0.355. The third-order valence-corrected chi connectivity index (χ3v) is 3.76. The fourth-order valence-electron chi connectivity index (χ4n) is 1.71. The Bertz CT molecular complexity index is 483.